The van der Waals surface area contributed by atoms with Crippen molar-refractivity contribution >= 4 is 45.3 Å². The molecule has 1 unspecified atom stereocenters. The first kappa shape index (κ1) is 13.5. The molecule has 1 N–H and O–H groups in total. The average Bonchev–Trinajstić information content (AvgIpc) is 2.95. The van der Waals surface area contributed by atoms with Crippen molar-refractivity contribution in [3.63, 3.8) is 0 Å². The quantitative estimate of drug-likeness (QED) is 0.766. The minimum Gasteiger partial charge on any atom is -0.310 e. The van der Waals surface area contributed by atoms with Crippen LogP contribution in [-0.4, -0.2) is 11.5 Å². The topological polar surface area (TPSA) is 24.9 Å². The molecule has 0 aliphatic carbocycles. The first-order valence-electron chi connectivity index (χ1n) is 5.65. The zero-order valence-electron chi connectivity index (χ0n) is 9.65. The molecule has 1 atom stereocenters. The van der Waals surface area contributed by atoms with E-state index in [1.165, 1.54) is 13.5 Å². The van der Waals surface area contributed by atoms with E-state index in [0.717, 1.165) is 19.4 Å². The van der Waals surface area contributed by atoms with Gasteiger partial charge in [0, 0.05) is 24.0 Å². The molecule has 2 aromatic heterocycles. The highest BCUT2D eigenvalue weighted by Crippen LogP contribution is 2.25. The molecule has 0 aliphatic rings. The summed E-state index contributed by atoms with van der Waals surface area (Å²) in [7, 11) is 0. The van der Waals surface area contributed by atoms with Crippen LogP contribution in [0, 0.1) is 2.88 Å². The van der Waals surface area contributed by atoms with Gasteiger partial charge in [0.05, 0.1) is 7.89 Å². The first-order valence-corrected chi connectivity index (χ1v) is 8.49. The second-order valence-electron chi connectivity index (χ2n) is 3.82. The molecule has 2 heterocycles. The van der Waals surface area contributed by atoms with Crippen molar-refractivity contribution in [2.75, 3.05) is 6.54 Å². The molecule has 0 saturated heterocycles. The molecule has 0 amide bonds. The van der Waals surface area contributed by atoms with Crippen LogP contribution in [0.5, 0.6) is 0 Å². The lowest BCUT2D eigenvalue weighted by Gasteiger charge is -2.16. The van der Waals surface area contributed by atoms with Crippen LogP contribution >= 0.6 is 45.3 Å². The number of thiazole rings is 1. The number of rotatable bonds is 6. The fourth-order valence-electron chi connectivity index (χ4n) is 1.66. The molecule has 0 fully saturated rings. The molecule has 0 bridgehead atoms. The Kier molecular flexibility index (Phi) is 5.40. The Morgan fingerprint density at radius 1 is 1.47 bits per heavy atom. The van der Waals surface area contributed by atoms with Crippen LogP contribution in [0.15, 0.2) is 23.0 Å². The monoisotopic (exact) mass is 378 g/mol. The Balaban J connectivity index is 2.07. The van der Waals surface area contributed by atoms with Crippen LogP contribution in [0.25, 0.3) is 0 Å². The Morgan fingerprint density at radius 2 is 2.35 bits per heavy atom. The molecule has 0 radical (unpaired) electrons. The van der Waals surface area contributed by atoms with Crippen molar-refractivity contribution in [2.24, 2.45) is 0 Å². The maximum Gasteiger partial charge on any atom is 0.0943 e. The van der Waals surface area contributed by atoms with Gasteiger partial charge in [0.1, 0.15) is 0 Å². The van der Waals surface area contributed by atoms with Gasteiger partial charge in [0.15, 0.2) is 0 Å². The largest absolute Gasteiger partial charge is 0.310 e. The minimum atomic E-state index is 0.404. The van der Waals surface area contributed by atoms with Gasteiger partial charge in [0.25, 0.3) is 0 Å². The van der Waals surface area contributed by atoms with E-state index in [-0.39, 0.29) is 0 Å². The van der Waals surface area contributed by atoms with E-state index in [1.807, 2.05) is 22.9 Å². The molecule has 2 nitrogen and oxygen atoms in total. The van der Waals surface area contributed by atoms with E-state index >= 15 is 0 Å². The Labute approximate surface area is 124 Å². The molecule has 5 heteroatoms. The van der Waals surface area contributed by atoms with E-state index in [1.54, 1.807) is 11.3 Å². The summed E-state index contributed by atoms with van der Waals surface area (Å²) in [6, 6.07) is 2.67. The number of nitrogens with zero attached hydrogens (tertiary/aromatic N) is 1. The standard InChI is InChI=1S/C12H15IN2S2/c1-2-3-14-10(7-12-15-4-5-16-12)9-6-11(13)17-8-9/h4-6,8,10,14H,2-3,7H2,1H3. The number of hydrogen-bond donors (Lipinski definition) is 1. The summed E-state index contributed by atoms with van der Waals surface area (Å²) in [5.41, 5.74) is 1.39. The first-order chi connectivity index (χ1) is 8.29. The zero-order chi connectivity index (χ0) is 12.1. The molecule has 17 heavy (non-hydrogen) atoms. The summed E-state index contributed by atoms with van der Waals surface area (Å²) in [5.74, 6) is 0. The van der Waals surface area contributed by atoms with E-state index in [2.05, 4.69) is 51.3 Å². The van der Waals surface area contributed by atoms with Crippen molar-refractivity contribution in [3.05, 3.63) is 36.5 Å². The van der Waals surface area contributed by atoms with Gasteiger partial charge in [-0.05, 0) is 52.6 Å². The third-order valence-corrected chi connectivity index (χ3v) is 5.10. The molecule has 0 spiro atoms. The highest BCUT2D eigenvalue weighted by Gasteiger charge is 2.14. The summed E-state index contributed by atoms with van der Waals surface area (Å²) >= 11 is 5.92. The fourth-order valence-corrected chi connectivity index (χ4v) is 3.75. The van der Waals surface area contributed by atoms with Gasteiger partial charge in [-0.1, -0.05) is 6.92 Å². The smallest absolute Gasteiger partial charge is 0.0943 e. The minimum absolute atomic E-state index is 0.404. The summed E-state index contributed by atoms with van der Waals surface area (Å²) in [4.78, 5) is 4.38. The molecular weight excluding hydrogens is 363 g/mol. The van der Waals surface area contributed by atoms with Crippen LogP contribution in [0.1, 0.15) is 30.0 Å². The van der Waals surface area contributed by atoms with Gasteiger partial charge >= 0.3 is 0 Å². The van der Waals surface area contributed by atoms with Crippen LogP contribution in [0.2, 0.25) is 0 Å². The second kappa shape index (κ2) is 6.82. The van der Waals surface area contributed by atoms with Crippen LogP contribution in [0.4, 0.5) is 0 Å². The van der Waals surface area contributed by atoms with Crippen molar-refractivity contribution in [1.29, 1.82) is 0 Å². The molecule has 0 saturated carbocycles. The molecule has 2 rings (SSSR count). The van der Waals surface area contributed by atoms with Crippen LogP contribution in [0.3, 0.4) is 0 Å². The van der Waals surface area contributed by atoms with E-state index < -0.39 is 0 Å². The maximum atomic E-state index is 4.38. The fraction of sp³-hybridized carbons (Fsp3) is 0.417. The third kappa shape index (κ3) is 4.01. The predicted octanol–water partition coefficient (Wildman–Crippen LogP) is 4.09. The number of hydrogen-bond acceptors (Lipinski definition) is 4. The van der Waals surface area contributed by atoms with Gasteiger partial charge in [-0.3, -0.25) is 0 Å². The predicted molar refractivity (Wildman–Crippen MR) is 83.9 cm³/mol. The molecule has 0 aliphatic heterocycles. The van der Waals surface area contributed by atoms with Crippen LogP contribution < -0.4 is 5.32 Å². The summed E-state index contributed by atoms with van der Waals surface area (Å²) < 4.78 is 1.35. The van der Waals surface area contributed by atoms with Crippen molar-refractivity contribution < 1.29 is 0 Å². The van der Waals surface area contributed by atoms with Gasteiger partial charge in [-0.15, -0.1) is 22.7 Å². The number of halogens is 1. The van der Waals surface area contributed by atoms with Gasteiger partial charge in [-0.25, -0.2) is 4.98 Å². The third-order valence-electron chi connectivity index (χ3n) is 2.49. The average molecular weight is 378 g/mol. The van der Waals surface area contributed by atoms with E-state index in [9.17, 15) is 0 Å². The highest BCUT2D eigenvalue weighted by atomic mass is 127. The van der Waals surface area contributed by atoms with E-state index in [4.69, 9.17) is 0 Å². The summed E-state index contributed by atoms with van der Waals surface area (Å²) in [5, 5.41) is 9.11. The second-order valence-corrected chi connectivity index (χ2v) is 7.61. The molecule has 92 valence electrons. The SMILES string of the molecule is CCCNC(Cc1nccs1)c1csc(I)c1. The summed E-state index contributed by atoms with van der Waals surface area (Å²) in [6.45, 7) is 3.26. The summed E-state index contributed by atoms with van der Waals surface area (Å²) in [6.07, 6.45) is 4.04. The number of thiophene rings is 1. The maximum absolute atomic E-state index is 4.38. The molecule has 0 aromatic carbocycles. The van der Waals surface area contributed by atoms with Gasteiger partial charge < -0.3 is 5.32 Å². The lowest BCUT2D eigenvalue weighted by Crippen LogP contribution is -2.23. The van der Waals surface area contributed by atoms with Crippen molar-refractivity contribution in [2.45, 2.75) is 25.8 Å². The lowest BCUT2D eigenvalue weighted by atomic mass is 10.1. The van der Waals surface area contributed by atoms with E-state index in [0.29, 0.717) is 6.04 Å². The highest BCUT2D eigenvalue weighted by molar-refractivity contribution is 14.1. The van der Waals surface area contributed by atoms with Crippen molar-refractivity contribution in [1.82, 2.24) is 10.3 Å². The van der Waals surface area contributed by atoms with Gasteiger partial charge in [0.2, 0.25) is 0 Å². The Bertz CT molecular complexity index is 439. The van der Waals surface area contributed by atoms with Gasteiger partial charge in [-0.2, -0.15) is 0 Å². The Hall–Kier alpha value is 0.0200. The lowest BCUT2D eigenvalue weighted by molar-refractivity contribution is 0.529. The molecular formula is C12H15IN2S2. The normalized spacial score (nSPS) is 12.8. The van der Waals surface area contributed by atoms with Crippen molar-refractivity contribution in [3.8, 4) is 0 Å². The molecule has 2 aromatic rings. The Morgan fingerprint density at radius 3 is 2.94 bits per heavy atom. The number of nitrogens with one attached hydrogen (secondary N) is 1. The zero-order valence-corrected chi connectivity index (χ0v) is 13.4. The number of aromatic nitrogens is 1. The van der Waals surface area contributed by atoms with Crippen LogP contribution in [-0.2, 0) is 6.42 Å².